The van der Waals surface area contributed by atoms with Crippen LogP contribution in [0.2, 0.25) is 0 Å². The van der Waals surface area contributed by atoms with Crippen LogP contribution >= 0.6 is 0 Å². The van der Waals surface area contributed by atoms with Crippen molar-refractivity contribution in [3.8, 4) is 0 Å². The molecule has 0 spiro atoms. The Kier molecular flexibility index (Phi) is 3.57. The quantitative estimate of drug-likeness (QED) is 0.914. The van der Waals surface area contributed by atoms with E-state index in [1.54, 1.807) is 0 Å². The number of hydrogen-bond acceptors (Lipinski definition) is 4. The molecule has 2 fully saturated rings. The van der Waals surface area contributed by atoms with Crippen LogP contribution in [0.5, 0.6) is 0 Å². The summed E-state index contributed by atoms with van der Waals surface area (Å²) in [6, 6.07) is 0.625. The molecular weight excluding hydrogens is 248 g/mol. The summed E-state index contributed by atoms with van der Waals surface area (Å²) in [5.41, 5.74) is 1.20. The molecule has 0 amide bonds. The maximum Gasteiger partial charge on any atom is 0.137 e. The zero-order valence-corrected chi connectivity index (χ0v) is 13.1. The van der Waals surface area contributed by atoms with Crippen LogP contribution in [0.1, 0.15) is 56.8 Å². The molecule has 2 aliphatic rings. The first-order valence-corrected chi connectivity index (χ1v) is 7.94. The Morgan fingerprint density at radius 1 is 1.20 bits per heavy atom. The van der Waals surface area contributed by atoms with Crippen LogP contribution in [0, 0.1) is 12.8 Å². The molecule has 1 saturated carbocycles. The summed E-state index contributed by atoms with van der Waals surface area (Å²) in [6.07, 6.45) is 5.06. The highest BCUT2D eigenvalue weighted by atomic mass is 15.3. The lowest BCUT2D eigenvalue weighted by Crippen LogP contribution is -2.35. The molecule has 1 N–H and O–H groups in total. The molecule has 0 bridgehead atoms. The van der Waals surface area contributed by atoms with Gasteiger partial charge in [0.05, 0.1) is 0 Å². The van der Waals surface area contributed by atoms with Crippen LogP contribution in [-0.2, 0) is 0 Å². The van der Waals surface area contributed by atoms with E-state index in [2.05, 4.69) is 31.0 Å². The minimum atomic E-state index is 0.599. The standard InChI is InChI=1S/C16H26N4/c1-10(2)13-6-5-9-20(13)16-11(3)14(17-4)18-15(19-16)12-7-8-12/h10,12-13H,5-9H2,1-4H3,(H,17,18,19). The van der Waals surface area contributed by atoms with Gasteiger partial charge in [0.2, 0.25) is 0 Å². The highest BCUT2D eigenvalue weighted by Crippen LogP contribution is 2.41. The number of rotatable bonds is 4. The zero-order valence-electron chi connectivity index (χ0n) is 13.1. The summed E-state index contributed by atoms with van der Waals surface area (Å²) >= 11 is 0. The van der Waals surface area contributed by atoms with Gasteiger partial charge in [0, 0.05) is 31.1 Å². The normalized spacial score (nSPS) is 22.6. The first-order valence-electron chi connectivity index (χ1n) is 7.94. The minimum Gasteiger partial charge on any atom is -0.373 e. The van der Waals surface area contributed by atoms with Crippen molar-refractivity contribution in [2.24, 2.45) is 5.92 Å². The topological polar surface area (TPSA) is 41.1 Å². The molecule has 2 heterocycles. The number of aromatic nitrogens is 2. The van der Waals surface area contributed by atoms with Crippen LogP contribution in [0.25, 0.3) is 0 Å². The smallest absolute Gasteiger partial charge is 0.137 e. The largest absolute Gasteiger partial charge is 0.373 e. The van der Waals surface area contributed by atoms with Crippen LogP contribution in [-0.4, -0.2) is 29.6 Å². The second kappa shape index (κ2) is 5.23. The zero-order chi connectivity index (χ0) is 14.3. The van der Waals surface area contributed by atoms with Crippen molar-refractivity contribution in [1.29, 1.82) is 0 Å². The highest BCUT2D eigenvalue weighted by molar-refractivity contribution is 5.59. The monoisotopic (exact) mass is 274 g/mol. The van der Waals surface area contributed by atoms with Gasteiger partial charge in [-0.1, -0.05) is 13.8 Å². The Morgan fingerprint density at radius 2 is 1.95 bits per heavy atom. The molecule has 1 saturated heterocycles. The van der Waals surface area contributed by atoms with Gasteiger partial charge in [0.25, 0.3) is 0 Å². The molecule has 3 rings (SSSR count). The van der Waals surface area contributed by atoms with Crippen LogP contribution in [0.15, 0.2) is 0 Å². The first kappa shape index (κ1) is 13.7. The number of nitrogens with one attached hydrogen (secondary N) is 1. The first-order chi connectivity index (χ1) is 9.61. The third-order valence-corrected chi connectivity index (χ3v) is 4.66. The second-order valence-electron chi connectivity index (χ2n) is 6.55. The van der Waals surface area contributed by atoms with E-state index in [4.69, 9.17) is 9.97 Å². The van der Waals surface area contributed by atoms with E-state index < -0.39 is 0 Å². The summed E-state index contributed by atoms with van der Waals surface area (Å²) in [5, 5.41) is 3.25. The summed E-state index contributed by atoms with van der Waals surface area (Å²) in [6.45, 7) is 7.92. The van der Waals surface area contributed by atoms with Gasteiger partial charge in [-0.05, 0) is 38.5 Å². The van der Waals surface area contributed by atoms with Crippen molar-refractivity contribution in [3.63, 3.8) is 0 Å². The summed E-state index contributed by atoms with van der Waals surface area (Å²) in [7, 11) is 1.96. The fraction of sp³-hybridized carbons (Fsp3) is 0.750. The molecule has 1 atom stereocenters. The minimum absolute atomic E-state index is 0.599. The number of anilines is 2. The van der Waals surface area contributed by atoms with Crippen molar-refractivity contribution in [2.75, 3.05) is 23.8 Å². The third kappa shape index (κ3) is 2.36. The molecule has 20 heavy (non-hydrogen) atoms. The maximum atomic E-state index is 4.93. The van der Waals surface area contributed by atoms with Crippen molar-refractivity contribution in [2.45, 2.75) is 58.4 Å². The molecule has 1 unspecified atom stereocenters. The van der Waals surface area contributed by atoms with Gasteiger partial charge in [0.1, 0.15) is 17.5 Å². The third-order valence-electron chi connectivity index (χ3n) is 4.66. The van der Waals surface area contributed by atoms with Gasteiger partial charge in [-0.25, -0.2) is 9.97 Å². The van der Waals surface area contributed by atoms with Crippen molar-refractivity contribution < 1.29 is 0 Å². The summed E-state index contributed by atoms with van der Waals surface area (Å²) < 4.78 is 0. The van der Waals surface area contributed by atoms with E-state index in [0.29, 0.717) is 17.9 Å². The fourth-order valence-electron chi connectivity index (χ4n) is 3.32. The number of hydrogen-bond donors (Lipinski definition) is 1. The van der Waals surface area contributed by atoms with E-state index in [1.165, 1.54) is 37.1 Å². The van der Waals surface area contributed by atoms with E-state index in [9.17, 15) is 0 Å². The van der Waals surface area contributed by atoms with Gasteiger partial charge in [0.15, 0.2) is 0 Å². The van der Waals surface area contributed by atoms with Crippen molar-refractivity contribution in [3.05, 3.63) is 11.4 Å². The average molecular weight is 274 g/mol. The molecule has 1 aromatic heterocycles. The maximum absolute atomic E-state index is 4.93. The molecule has 4 nitrogen and oxygen atoms in total. The van der Waals surface area contributed by atoms with Crippen molar-refractivity contribution in [1.82, 2.24) is 9.97 Å². The highest BCUT2D eigenvalue weighted by Gasteiger charge is 2.33. The van der Waals surface area contributed by atoms with Gasteiger partial charge >= 0.3 is 0 Å². The summed E-state index contributed by atoms with van der Waals surface area (Å²) in [4.78, 5) is 12.2. The van der Waals surface area contributed by atoms with Crippen LogP contribution < -0.4 is 10.2 Å². The predicted octanol–water partition coefficient (Wildman–Crippen LogP) is 3.33. The molecule has 110 valence electrons. The van der Waals surface area contributed by atoms with Crippen molar-refractivity contribution >= 4 is 11.6 Å². The van der Waals surface area contributed by atoms with Gasteiger partial charge in [-0.15, -0.1) is 0 Å². The lowest BCUT2D eigenvalue weighted by molar-refractivity contribution is 0.488. The lowest BCUT2D eigenvalue weighted by atomic mass is 10.0. The number of nitrogens with zero attached hydrogens (tertiary/aromatic N) is 3. The molecule has 1 aromatic rings. The van der Waals surface area contributed by atoms with Gasteiger partial charge in [-0.2, -0.15) is 0 Å². The summed E-state index contributed by atoms with van der Waals surface area (Å²) in [5.74, 6) is 4.49. The Hall–Kier alpha value is -1.32. The Labute approximate surface area is 122 Å². The molecular formula is C16H26N4. The van der Waals surface area contributed by atoms with Gasteiger partial charge < -0.3 is 10.2 Å². The predicted molar refractivity (Wildman–Crippen MR) is 83.5 cm³/mol. The van der Waals surface area contributed by atoms with E-state index in [0.717, 1.165) is 18.2 Å². The molecule has 0 radical (unpaired) electrons. The Bertz CT molecular complexity index is 493. The Morgan fingerprint density at radius 3 is 2.55 bits per heavy atom. The van der Waals surface area contributed by atoms with E-state index >= 15 is 0 Å². The Balaban J connectivity index is 2.00. The van der Waals surface area contributed by atoms with E-state index in [1.807, 2.05) is 7.05 Å². The molecule has 4 heteroatoms. The molecule has 1 aliphatic carbocycles. The van der Waals surface area contributed by atoms with Crippen LogP contribution in [0.4, 0.5) is 11.6 Å². The average Bonchev–Trinajstić information content (AvgIpc) is 3.16. The SMILES string of the molecule is CNc1nc(C2CC2)nc(N2CCCC2C(C)C)c1C. The molecule has 1 aliphatic heterocycles. The van der Waals surface area contributed by atoms with Crippen LogP contribution in [0.3, 0.4) is 0 Å². The fourth-order valence-corrected chi connectivity index (χ4v) is 3.32. The van der Waals surface area contributed by atoms with E-state index in [-0.39, 0.29) is 0 Å². The van der Waals surface area contributed by atoms with Gasteiger partial charge in [-0.3, -0.25) is 0 Å². The lowest BCUT2D eigenvalue weighted by Gasteiger charge is -2.30. The second-order valence-corrected chi connectivity index (χ2v) is 6.55. The molecule has 0 aromatic carbocycles.